The van der Waals surface area contributed by atoms with E-state index in [9.17, 15) is 36.2 Å². The van der Waals surface area contributed by atoms with Crippen LogP contribution in [0.2, 0.25) is 0 Å². The first-order valence-electron chi connectivity index (χ1n) is 10.8. The van der Waals surface area contributed by atoms with Crippen LogP contribution in [0.3, 0.4) is 0 Å². The molecule has 12 heteroatoms. The molecule has 1 saturated carbocycles. The van der Waals surface area contributed by atoms with Gasteiger partial charge in [0.25, 0.3) is 5.91 Å². The number of halogens is 6. The SMILES string of the molecule is CNc1cc(N2CCC(O)(C(F)(F)F)CC2)c(C(=O)N[C@H]2CC[C@H](C(F)(F)F)CC2)cc1N. The first kappa shape index (κ1) is 25.3. The number of carbonyl (C=O) groups is 1. The van der Waals surface area contributed by atoms with Crippen molar-refractivity contribution in [2.45, 2.75) is 62.5 Å². The Kier molecular flexibility index (Phi) is 6.97. The van der Waals surface area contributed by atoms with Gasteiger partial charge in [-0.05, 0) is 37.8 Å². The van der Waals surface area contributed by atoms with Crippen LogP contribution < -0.4 is 21.3 Å². The Morgan fingerprint density at radius 3 is 2.15 bits per heavy atom. The van der Waals surface area contributed by atoms with Crippen molar-refractivity contribution in [3.63, 3.8) is 0 Å². The van der Waals surface area contributed by atoms with Gasteiger partial charge >= 0.3 is 12.4 Å². The molecule has 1 amide bonds. The number of nitrogens with two attached hydrogens (primary N) is 1. The highest BCUT2D eigenvalue weighted by Crippen LogP contribution is 2.41. The van der Waals surface area contributed by atoms with E-state index in [2.05, 4.69) is 10.6 Å². The second kappa shape index (κ2) is 9.11. The summed E-state index contributed by atoms with van der Waals surface area (Å²) in [6, 6.07) is 2.52. The highest BCUT2D eigenvalue weighted by atomic mass is 19.4. The predicted octanol–water partition coefficient (Wildman–Crippen LogP) is 4.06. The van der Waals surface area contributed by atoms with Gasteiger partial charge in [-0.15, -0.1) is 0 Å². The molecule has 1 saturated heterocycles. The van der Waals surface area contributed by atoms with Gasteiger partial charge in [-0.3, -0.25) is 4.79 Å². The number of benzene rings is 1. The normalized spacial score (nSPS) is 23.8. The number of amides is 1. The minimum absolute atomic E-state index is 0.0791. The highest BCUT2D eigenvalue weighted by Gasteiger charge is 2.54. The maximum atomic E-state index is 13.2. The molecule has 6 nitrogen and oxygen atoms in total. The molecule has 0 radical (unpaired) electrons. The number of hydrogen-bond donors (Lipinski definition) is 4. The minimum atomic E-state index is -4.76. The number of aliphatic hydroxyl groups is 1. The summed E-state index contributed by atoms with van der Waals surface area (Å²) in [4.78, 5) is 14.6. The molecule has 0 spiro atoms. The van der Waals surface area contributed by atoms with Crippen LogP contribution in [-0.4, -0.2) is 55.1 Å². The Bertz CT molecular complexity index is 858. The van der Waals surface area contributed by atoms with E-state index in [1.165, 1.54) is 6.07 Å². The first-order valence-corrected chi connectivity index (χ1v) is 10.8. The zero-order valence-corrected chi connectivity index (χ0v) is 18.1. The molecule has 2 aliphatic rings. The van der Waals surface area contributed by atoms with E-state index in [1.54, 1.807) is 18.0 Å². The van der Waals surface area contributed by atoms with Crippen LogP contribution in [0, 0.1) is 5.92 Å². The van der Waals surface area contributed by atoms with Gasteiger partial charge in [0.15, 0.2) is 5.60 Å². The lowest BCUT2D eigenvalue weighted by Gasteiger charge is -2.40. The Morgan fingerprint density at radius 1 is 1.09 bits per heavy atom. The van der Waals surface area contributed by atoms with E-state index >= 15 is 0 Å². The van der Waals surface area contributed by atoms with Crippen LogP contribution >= 0.6 is 0 Å². The number of rotatable bonds is 4. The summed E-state index contributed by atoms with van der Waals surface area (Å²) in [5.41, 5.74) is 4.40. The van der Waals surface area contributed by atoms with Crippen LogP contribution in [0.4, 0.5) is 43.4 Å². The van der Waals surface area contributed by atoms with Crippen LogP contribution in [0.5, 0.6) is 0 Å². The fourth-order valence-electron chi connectivity index (χ4n) is 4.49. The van der Waals surface area contributed by atoms with Gasteiger partial charge in [0.2, 0.25) is 0 Å². The number of carbonyl (C=O) groups excluding carboxylic acids is 1. The molecule has 3 rings (SSSR count). The number of nitrogen functional groups attached to an aromatic ring is 1. The summed E-state index contributed by atoms with van der Waals surface area (Å²) in [6.07, 6.45) is -9.93. The minimum Gasteiger partial charge on any atom is -0.397 e. The lowest BCUT2D eigenvalue weighted by Crippen LogP contribution is -2.53. The summed E-state index contributed by atoms with van der Waals surface area (Å²) in [5, 5.41) is 15.6. The molecule has 0 bridgehead atoms. The van der Waals surface area contributed by atoms with E-state index in [-0.39, 0.29) is 50.0 Å². The summed E-state index contributed by atoms with van der Waals surface area (Å²) >= 11 is 0. The van der Waals surface area contributed by atoms with Gasteiger partial charge in [0, 0.05) is 39.0 Å². The van der Waals surface area contributed by atoms with Crippen molar-refractivity contribution in [3.8, 4) is 0 Å². The third-order valence-corrected chi connectivity index (χ3v) is 6.67. The van der Waals surface area contributed by atoms with Crippen molar-refractivity contribution in [2.75, 3.05) is 36.1 Å². The molecule has 5 N–H and O–H groups in total. The average molecular weight is 482 g/mol. The number of alkyl halides is 6. The lowest BCUT2D eigenvalue weighted by atomic mass is 9.85. The van der Waals surface area contributed by atoms with Crippen molar-refractivity contribution in [3.05, 3.63) is 17.7 Å². The van der Waals surface area contributed by atoms with Gasteiger partial charge in [0.1, 0.15) is 0 Å². The summed E-state index contributed by atoms with van der Waals surface area (Å²) in [6.45, 7) is -0.278. The number of anilines is 3. The molecule has 1 aromatic rings. The predicted molar refractivity (Wildman–Crippen MR) is 112 cm³/mol. The zero-order chi connectivity index (χ0) is 24.6. The number of nitrogens with one attached hydrogen (secondary N) is 2. The Morgan fingerprint density at radius 2 is 1.67 bits per heavy atom. The Hall–Kier alpha value is -2.37. The van der Waals surface area contributed by atoms with Gasteiger partial charge in [-0.25, -0.2) is 0 Å². The summed E-state index contributed by atoms with van der Waals surface area (Å²) < 4.78 is 78.2. The van der Waals surface area contributed by atoms with Crippen LogP contribution in [0.1, 0.15) is 48.9 Å². The van der Waals surface area contributed by atoms with Crippen LogP contribution in [0.25, 0.3) is 0 Å². The fourth-order valence-corrected chi connectivity index (χ4v) is 4.49. The second-order valence-corrected chi connectivity index (χ2v) is 8.79. The van der Waals surface area contributed by atoms with Gasteiger partial charge < -0.3 is 26.4 Å². The maximum Gasteiger partial charge on any atom is 0.417 e. The van der Waals surface area contributed by atoms with Crippen LogP contribution in [0.15, 0.2) is 12.1 Å². The Balaban J connectivity index is 1.77. The topological polar surface area (TPSA) is 90.6 Å². The number of piperidine rings is 1. The van der Waals surface area contributed by atoms with E-state index in [0.717, 1.165) is 0 Å². The molecular formula is C21H28F6N4O2. The first-order chi connectivity index (χ1) is 15.2. The summed E-state index contributed by atoms with van der Waals surface area (Å²) in [7, 11) is 1.60. The maximum absolute atomic E-state index is 13.2. The smallest absolute Gasteiger partial charge is 0.397 e. The fraction of sp³-hybridized carbons (Fsp3) is 0.667. The molecule has 1 heterocycles. The molecule has 0 aromatic heterocycles. The third kappa shape index (κ3) is 5.42. The standard InChI is InChI=1S/C21H28F6N4O2/c1-29-16-11-17(31-8-6-19(33,7-9-31)21(25,26)27)14(10-15(16)28)18(32)30-13-4-2-12(3-5-13)20(22,23)24/h10-13,29,33H,2-9,28H2,1H3,(H,30,32)/t12-,13-. The quantitative estimate of drug-likeness (QED) is 0.384. The lowest BCUT2D eigenvalue weighted by molar-refractivity contribution is -0.266. The Labute approximate surface area is 187 Å². The van der Waals surface area contributed by atoms with E-state index in [1.807, 2.05) is 0 Å². The largest absolute Gasteiger partial charge is 0.417 e. The van der Waals surface area contributed by atoms with Crippen molar-refractivity contribution < 1.29 is 36.2 Å². The van der Waals surface area contributed by atoms with Gasteiger partial charge in [0.05, 0.1) is 28.5 Å². The average Bonchev–Trinajstić information content (AvgIpc) is 2.73. The van der Waals surface area contributed by atoms with E-state index in [4.69, 9.17) is 5.73 Å². The molecule has 0 unspecified atom stereocenters. The molecule has 1 aliphatic heterocycles. The van der Waals surface area contributed by atoms with E-state index in [0.29, 0.717) is 11.4 Å². The molecular weight excluding hydrogens is 454 g/mol. The van der Waals surface area contributed by atoms with Crippen molar-refractivity contribution >= 4 is 23.0 Å². The molecule has 33 heavy (non-hydrogen) atoms. The molecule has 1 aliphatic carbocycles. The number of hydrogen-bond acceptors (Lipinski definition) is 5. The van der Waals surface area contributed by atoms with E-state index < -0.39 is 48.7 Å². The van der Waals surface area contributed by atoms with Crippen molar-refractivity contribution in [2.24, 2.45) is 5.92 Å². The molecule has 2 fully saturated rings. The third-order valence-electron chi connectivity index (χ3n) is 6.67. The van der Waals surface area contributed by atoms with Crippen LogP contribution in [-0.2, 0) is 0 Å². The van der Waals surface area contributed by atoms with Crippen molar-refractivity contribution in [1.29, 1.82) is 0 Å². The second-order valence-electron chi connectivity index (χ2n) is 8.79. The number of nitrogens with zero attached hydrogens (tertiary/aromatic N) is 1. The monoisotopic (exact) mass is 482 g/mol. The van der Waals surface area contributed by atoms with Gasteiger partial charge in [-0.2, -0.15) is 26.3 Å². The van der Waals surface area contributed by atoms with Gasteiger partial charge in [-0.1, -0.05) is 0 Å². The zero-order valence-electron chi connectivity index (χ0n) is 18.1. The highest BCUT2D eigenvalue weighted by molar-refractivity contribution is 6.02. The molecule has 0 atom stereocenters. The summed E-state index contributed by atoms with van der Waals surface area (Å²) in [5.74, 6) is -1.93. The molecule has 186 valence electrons. The van der Waals surface area contributed by atoms with Crippen molar-refractivity contribution in [1.82, 2.24) is 5.32 Å². The molecule has 1 aromatic carbocycles.